The normalized spacial score (nSPS) is 29.9. The zero-order valence-electron chi connectivity index (χ0n) is 29.7. The number of carbonyl (C=O) groups excluding carboxylic acids is 2. The molecule has 12 nitrogen and oxygen atoms in total. The lowest BCUT2D eigenvalue weighted by atomic mass is 9.85. The van der Waals surface area contributed by atoms with E-state index in [1.807, 2.05) is 6.92 Å². The molecule has 10 atom stereocenters. The predicted octanol–water partition coefficient (Wildman–Crippen LogP) is 4.73. The number of piperazine rings is 1. The number of hydrogen-bond acceptors (Lipinski definition) is 9. The average Bonchev–Trinajstić information content (AvgIpc) is 3.69. The lowest BCUT2D eigenvalue weighted by Gasteiger charge is -2.35. The minimum Gasteiger partial charge on any atom is -0.480 e. The number of carboxylic acid groups (broad SMARTS) is 1. The highest BCUT2D eigenvalue weighted by atomic mass is 127. The second-order valence-electron chi connectivity index (χ2n) is 14.2. The van der Waals surface area contributed by atoms with Gasteiger partial charge in [-0.1, -0.05) is 39.0 Å². The van der Waals surface area contributed by atoms with E-state index in [0.717, 1.165) is 37.9 Å². The molecule has 3 saturated heterocycles. The molecule has 0 radical (unpaired) electrons. The van der Waals surface area contributed by atoms with Gasteiger partial charge in [-0.25, -0.2) is 12.7 Å². The number of ether oxygens (including phenoxy) is 4. The SMILES string of the molecule is CO[C@H]([C@@H](C)[C@H]1O[C@]1(C)C[C@H](C)/C=C/C=C(\C)[C@H]1O[C@@H](CC(=O)N[C@@H](CCCOC(=O)N2CCN(I)CC2)C(=O)O)CC[C@@H]1C)[C@@H](C)O. The molecule has 0 spiro atoms. The van der Waals surface area contributed by atoms with Crippen LogP contribution in [0.25, 0.3) is 0 Å². The molecular weight excluding hydrogens is 733 g/mol. The monoisotopic (exact) mass is 791 g/mol. The molecule has 0 unspecified atom stereocenters. The van der Waals surface area contributed by atoms with E-state index in [4.69, 9.17) is 18.9 Å². The molecule has 0 aliphatic carbocycles. The maximum Gasteiger partial charge on any atom is 0.409 e. The first kappa shape index (κ1) is 40.6. The molecular formula is C35H58IN3O9. The third kappa shape index (κ3) is 12.2. The van der Waals surface area contributed by atoms with Gasteiger partial charge in [-0.05, 0) is 70.3 Å². The molecule has 0 bridgehead atoms. The Morgan fingerprint density at radius 1 is 1.15 bits per heavy atom. The molecule has 48 heavy (non-hydrogen) atoms. The first-order valence-corrected chi connectivity index (χ1v) is 18.3. The van der Waals surface area contributed by atoms with Gasteiger partial charge in [-0.3, -0.25) is 4.79 Å². The lowest BCUT2D eigenvalue weighted by molar-refractivity contribution is -0.143. The number of carbonyl (C=O) groups is 3. The van der Waals surface area contributed by atoms with Crippen LogP contribution >= 0.6 is 22.9 Å². The highest BCUT2D eigenvalue weighted by molar-refractivity contribution is 14.1. The quantitative estimate of drug-likeness (QED) is 0.0621. The van der Waals surface area contributed by atoms with Crippen LogP contribution in [0.15, 0.2) is 23.8 Å². The maximum absolute atomic E-state index is 12.9. The van der Waals surface area contributed by atoms with Crippen molar-refractivity contribution >= 4 is 40.8 Å². The number of hydrogen-bond donors (Lipinski definition) is 3. The second kappa shape index (κ2) is 19.0. The van der Waals surface area contributed by atoms with Crippen LogP contribution in [-0.4, -0.2) is 118 Å². The van der Waals surface area contributed by atoms with E-state index < -0.39 is 18.1 Å². The van der Waals surface area contributed by atoms with Gasteiger partial charge in [0.1, 0.15) is 6.04 Å². The molecule has 3 fully saturated rings. The molecule has 274 valence electrons. The molecule has 13 heteroatoms. The van der Waals surface area contributed by atoms with Crippen LogP contribution in [0, 0.1) is 17.8 Å². The Kier molecular flexibility index (Phi) is 16.1. The van der Waals surface area contributed by atoms with Crippen molar-refractivity contribution in [1.82, 2.24) is 13.3 Å². The Morgan fingerprint density at radius 2 is 1.83 bits per heavy atom. The Labute approximate surface area is 300 Å². The van der Waals surface area contributed by atoms with Gasteiger partial charge in [0.05, 0.1) is 49.1 Å². The first-order valence-electron chi connectivity index (χ1n) is 17.4. The summed E-state index contributed by atoms with van der Waals surface area (Å²) in [6, 6.07) is -1.06. The molecule has 3 aliphatic heterocycles. The van der Waals surface area contributed by atoms with E-state index in [0.29, 0.717) is 19.5 Å². The van der Waals surface area contributed by atoms with E-state index in [1.165, 1.54) is 0 Å². The third-order valence-corrected chi connectivity index (χ3v) is 10.8. The molecule has 0 aromatic heterocycles. The average molecular weight is 792 g/mol. The smallest absolute Gasteiger partial charge is 0.409 e. The van der Waals surface area contributed by atoms with Gasteiger partial charge in [-0.2, -0.15) is 0 Å². The summed E-state index contributed by atoms with van der Waals surface area (Å²) >= 11 is 2.23. The fourth-order valence-corrected chi connectivity index (χ4v) is 7.57. The van der Waals surface area contributed by atoms with Gasteiger partial charge in [0.25, 0.3) is 0 Å². The van der Waals surface area contributed by atoms with Crippen LogP contribution in [0.1, 0.15) is 80.1 Å². The lowest BCUT2D eigenvalue weighted by Crippen LogP contribution is -2.45. The second-order valence-corrected chi connectivity index (χ2v) is 15.5. The topological polar surface area (TPSA) is 150 Å². The summed E-state index contributed by atoms with van der Waals surface area (Å²) in [6.45, 7) is 15.1. The number of aliphatic carboxylic acids is 1. The van der Waals surface area contributed by atoms with Crippen LogP contribution in [0.5, 0.6) is 0 Å². The van der Waals surface area contributed by atoms with Crippen molar-refractivity contribution in [2.75, 3.05) is 39.9 Å². The van der Waals surface area contributed by atoms with E-state index in [-0.39, 0.29) is 79.2 Å². The van der Waals surface area contributed by atoms with E-state index in [2.05, 4.69) is 77.2 Å². The van der Waals surface area contributed by atoms with Crippen molar-refractivity contribution in [2.45, 2.75) is 122 Å². The molecule has 0 saturated carbocycles. The van der Waals surface area contributed by atoms with Crippen molar-refractivity contribution in [2.24, 2.45) is 17.8 Å². The molecule has 3 heterocycles. The summed E-state index contributed by atoms with van der Waals surface area (Å²) in [4.78, 5) is 38.6. The van der Waals surface area contributed by atoms with Crippen LogP contribution in [0.3, 0.4) is 0 Å². The van der Waals surface area contributed by atoms with Crippen molar-refractivity contribution in [1.29, 1.82) is 0 Å². The number of aliphatic hydroxyl groups is 1. The number of nitrogens with one attached hydrogen (secondary N) is 1. The number of carboxylic acids is 1. The van der Waals surface area contributed by atoms with Crippen molar-refractivity contribution in [3.8, 4) is 0 Å². The van der Waals surface area contributed by atoms with Gasteiger partial charge in [0.2, 0.25) is 5.91 Å². The number of rotatable bonds is 17. The largest absolute Gasteiger partial charge is 0.480 e. The Hall–Kier alpha value is -1.78. The summed E-state index contributed by atoms with van der Waals surface area (Å²) in [6.07, 6.45) is 7.72. The number of aliphatic hydroxyl groups excluding tert-OH is 1. The fourth-order valence-electron chi connectivity index (χ4n) is 7.14. The Balaban J connectivity index is 1.42. The molecule has 0 aromatic carbocycles. The third-order valence-electron chi connectivity index (χ3n) is 9.85. The van der Waals surface area contributed by atoms with Gasteiger partial charge in [0.15, 0.2) is 0 Å². The highest BCUT2D eigenvalue weighted by Gasteiger charge is 2.56. The molecule has 3 aliphatic rings. The standard InChI is InChI=1S/C35H58IN3O9/c1-22(21-35(6)32(48-35)25(4)31(45-7)26(5)40)10-8-11-23(2)30-24(3)13-14-27(47-30)20-29(41)37-28(33(42)43)12-9-19-46-34(44)38-15-17-39(36)18-16-38/h8,10-11,22,24-28,30-32,40H,9,12-21H2,1-7H3,(H,37,41)(H,42,43)/b10-8+,23-11+/t22-,24+,25-,26-,27-,28+,30-,31-,32-,35-/m1/s1. The molecule has 2 amide bonds. The minimum absolute atomic E-state index is 0.0401. The van der Waals surface area contributed by atoms with Gasteiger partial charge in [-0.15, -0.1) is 0 Å². The number of nitrogens with zero attached hydrogens (tertiary/aromatic N) is 2. The van der Waals surface area contributed by atoms with Gasteiger partial charge < -0.3 is 39.4 Å². The predicted molar refractivity (Wildman–Crippen MR) is 191 cm³/mol. The highest BCUT2D eigenvalue weighted by Crippen LogP contribution is 2.47. The first-order chi connectivity index (χ1) is 22.6. The summed E-state index contributed by atoms with van der Waals surface area (Å²) in [5.41, 5.74) is 0.824. The molecule has 3 rings (SSSR count). The minimum atomic E-state index is -1.12. The van der Waals surface area contributed by atoms with Crippen LogP contribution < -0.4 is 5.32 Å². The summed E-state index contributed by atoms with van der Waals surface area (Å²) < 4.78 is 25.4. The summed E-state index contributed by atoms with van der Waals surface area (Å²) in [5, 5.41) is 22.4. The molecule has 3 N–H and O–H groups in total. The molecule has 0 aromatic rings. The number of halogens is 1. The number of amides is 2. The number of allylic oxidation sites excluding steroid dienone is 3. The van der Waals surface area contributed by atoms with Crippen molar-refractivity contribution in [3.63, 3.8) is 0 Å². The summed E-state index contributed by atoms with van der Waals surface area (Å²) in [5.74, 6) is -0.837. The van der Waals surface area contributed by atoms with Gasteiger partial charge in [0, 0.05) is 62.1 Å². The Bertz CT molecular complexity index is 1130. The number of epoxide rings is 1. The zero-order chi connectivity index (χ0) is 35.6. The maximum atomic E-state index is 12.9. The number of methoxy groups -OCH3 is 1. The van der Waals surface area contributed by atoms with Crippen LogP contribution in [0.2, 0.25) is 0 Å². The van der Waals surface area contributed by atoms with E-state index in [1.54, 1.807) is 18.9 Å². The van der Waals surface area contributed by atoms with E-state index >= 15 is 0 Å². The zero-order valence-corrected chi connectivity index (χ0v) is 31.9. The van der Waals surface area contributed by atoms with Crippen molar-refractivity contribution in [3.05, 3.63) is 23.8 Å². The summed E-state index contributed by atoms with van der Waals surface area (Å²) in [7, 11) is 1.62. The van der Waals surface area contributed by atoms with Crippen LogP contribution in [-0.2, 0) is 28.5 Å². The van der Waals surface area contributed by atoms with Crippen LogP contribution in [0.4, 0.5) is 4.79 Å². The Morgan fingerprint density at radius 3 is 2.46 bits per heavy atom. The fraction of sp³-hybridized carbons (Fsp3) is 0.800. The van der Waals surface area contributed by atoms with Gasteiger partial charge >= 0.3 is 12.1 Å². The van der Waals surface area contributed by atoms with Crippen molar-refractivity contribution < 1.29 is 43.5 Å². The van der Waals surface area contributed by atoms with E-state index in [9.17, 15) is 24.6 Å².